The number of hydrogen-bond acceptors (Lipinski definition) is 3. The largest absolute Gasteiger partial charge is 0.381 e. The molecule has 1 fully saturated rings. The van der Waals surface area contributed by atoms with E-state index in [4.69, 9.17) is 4.74 Å². The Morgan fingerprint density at radius 2 is 1.95 bits per heavy atom. The van der Waals surface area contributed by atoms with Crippen LogP contribution in [-0.2, 0) is 4.74 Å². The fourth-order valence-corrected chi connectivity index (χ4v) is 2.94. The van der Waals surface area contributed by atoms with Gasteiger partial charge in [-0.3, -0.25) is 0 Å². The molecule has 0 saturated carbocycles. The van der Waals surface area contributed by atoms with Gasteiger partial charge in [0, 0.05) is 36.7 Å². The topological polar surface area (TPSA) is 24.5 Å². The Kier molecular flexibility index (Phi) is 7.66. The molecule has 1 rings (SSSR count). The van der Waals surface area contributed by atoms with Crippen LogP contribution < -0.4 is 5.32 Å². The van der Waals surface area contributed by atoms with Gasteiger partial charge in [-0.05, 0) is 54.0 Å². The highest BCUT2D eigenvalue weighted by Crippen LogP contribution is 2.30. The maximum absolute atomic E-state index is 5.77. The lowest BCUT2D eigenvalue weighted by Gasteiger charge is -2.38. The lowest BCUT2D eigenvalue weighted by molar-refractivity contribution is 0.0869. The van der Waals surface area contributed by atoms with Gasteiger partial charge in [-0.2, -0.15) is 0 Å². The summed E-state index contributed by atoms with van der Waals surface area (Å²) >= 11 is 0. The Labute approximate surface area is 132 Å². The molecule has 0 amide bonds. The number of hydrogen-bond donors (Lipinski definition) is 1. The van der Waals surface area contributed by atoms with Crippen LogP contribution >= 0.6 is 0 Å². The quantitative estimate of drug-likeness (QED) is 0.657. The molecule has 0 spiro atoms. The molecule has 3 heteroatoms. The van der Waals surface area contributed by atoms with Crippen LogP contribution in [0.1, 0.15) is 67.2 Å². The van der Waals surface area contributed by atoms with Gasteiger partial charge in [0.05, 0.1) is 6.61 Å². The van der Waals surface area contributed by atoms with Gasteiger partial charge in [-0.1, -0.05) is 19.8 Å². The van der Waals surface area contributed by atoms with E-state index in [0.717, 1.165) is 26.3 Å². The monoisotopic (exact) mass is 298 g/mol. The van der Waals surface area contributed by atoms with Crippen molar-refractivity contribution in [2.45, 2.75) is 78.8 Å². The van der Waals surface area contributed by atoms with Crippen molar-refractivity contribution in [2.75, 3.05) is 32.8 Å². The molecule has 21 heavy (non-hydrogen) atoms. The zero-order valence-corrected chi connectivity index (χ0v) is 15.3. The lowest BCUT2D eigenvalue weighted by atomic mass is 9.85. The summed E-state index contributed by atoms with van der Waals surface area (Å²) in [6.45, 7) is 19.0. The summed E-state index contributed by atoms with van der Waals surface area (Å²) in [6.07, 6.45) is 5.14. The van der Waals surface area contributed by atoms with Crippen LogP contribution in [0.15, 0.2) is 0 Å². The van der Waals surface area contributed by atoms with Crippen LogP contribution in [0.5, 0.6) is 0 Å². The molecular formula is C18H38N2O. The maximum Gasteiger partial charge on any atom is 0.0547 e. The minimum Gasteiger partial charge on any atom is -0.381 e. The third-order valence-corrected chi connectivity index (χ3v) is 4.50. The van der Waals surface area contributed by atoms with Gasteiger partial charge in [0.2, 0.25) is 0 Å². The standard InChI is InChI=1S/C18H38N2O/c1-7-8-9-11-20(16(2)3)14-18(10-12-21-15-18)13-19-17(4,5)6/h16,19H,7-15H2,1-6H3. The van der Waals surface area contributed by atoms with Crippen LogP contribution in [0.3, 0.4) is 0 Å². The molecule has 0 aromatic carbocycles. The Hall–Kier alpha value is -0.120. The average Bonchev–Trinajstić information content (AvgIpc) is 2.84. The highest BCUT2D eigenvalue weighted by molar-refractivity contribution is 4.91. The number of nitrogens with zero attached hydrogens (tertiary/aromatic N) is 1. The van der Waals surface area contributed by atoms with Crippen molar-refractivity contribution in [2.24, 2.45) is 5.41 Å². The summed E-state index contributed by atoms with van der Waals surface area (Å²) in [5, 5.41) is 3.71. The fourth-order valence-electron chi connectivity index (χ4n) is 2.94. The van der Waals surface area contributed by atoms with Crippen LogP contribution in [0.25, 0.3) is 0 Å². The van der Waals surface area contributed by atoms with Crippen molar-refractivity contribution in [1.82, 2.24) is 10.2 Å². The zero-order chi connectivity index (χ0) is 15.9. The predicted molar refractivity (Wildman–Crippen MR) is 91.9 cm³/mol. The van der Waals surface area contributed by atoms with E-state index in [-0.39, 0.29) is 5.54 Å². The maximum atomic E-state index is 5.77. The summed E-state index contributed by atoms with van der Waals surface area (Å²) in [5.74, 6) is 0. The second kappa shape index (κ2) is 8.50. The molecule has 3 nitrogen and oxygen atoms in total. The molecule has 0 bridgehead atoms. The first-order valence-electron chi connectivity index (χ1n) is 8.85. The molecule has 0 aromatic rings. The molecule has 0 aliphatic carbocycles. The highest BCUT2D eigenvalue weighted by atomic mass is 16.5. The summed E-state index contributed by atoms with van der Waals surface area (Å²) < 4.78 is 5.77. The van der Waals surface area contributed by atoms with E-state index in [2.05, 4.69) is 51.8 Å². The van der Waals surface area contributed by atoms with Gasteiger partial charge in [0.1, 0.15) is 0 Å². The second-order valence-electron chi connectivity index (χ2n) is 8.18. The molecule has 1 saturated heterocycles. The van der Waals surface area contributed by atoms with Crippen molar-refractivity contribution in [3.05, 3.63) is 0 Å². The molecule has 1 N–H and O–H groups in total. The van der Waals surface area contributed by atoms with Crippen molar-refractivity contribution >= 4 is 0 Å². The Bertz CT molecular complexity index is 277. The first kappa shape index (κ1) is 18.9. The third kappa shape index (κ3) is 7.12. The van der Waals surface area contributed by atoms with Gasteiger partial charge in [-0.25, -0.2) is 0 Å². The minimum atomic E-state index is 0.181. The van der Waals surface area contributed by atoms with E-state index in [9.17, 15) is 0 Å². The van der Waals surface area contributed by atoms with Gasteiger partial charge in [0.15, 0.2) is 0 Å². The Morgan fingerprint density at radius 3 is 2.43 bits per heavy atom. The van der Waals surface area contributed by atoms with Crippen molar-refractivity contribution < 1.29 is 4.74 Å². The van der Waals surface area contributed by atoms with Crippen molar-refractivity contribution in [1.29, 1.82) is 0 Å². The van der Waals surface area contributed by atoms with E-state index in [0.29, 0.717) is 11.5 Å². The van der Waals surface area contributed by atoms with Gasteiger partial charge in [-0.15, -0.1) is 0 Å². The molecule has 1 unspecified atom stereocenters. The van der Waals surface area contributed by atoms with Crippen LogP contribution in [-0.4, -0.2) is 49.3 Å². The molecule has 1 heterocycles. The first-order chi connectivity index (χ1) is 9.78. The molecule has 1 aliphatic rings. The fraction of sp³-hybridized carbons (Fsp3) is 1.00. The highest BCUT2D eigenvalue weighted by Gasteiger charge is 2.37. The second-order valence-corrected chi connectivity index (χ2v) is 8.18. The van der Waals surface area contributed by atoms with Crippen molar-refractivity contribution in [3.8, 4) is 0 Å². The smallest absolute Gasteiger partial charge is 0.0547 e. The van der Waals surface area contributed by atoms with E-state index in [1.807, 2.05) is 0 Å². The van der Waals surface area contributed by atoms with Crippen LogP contribution in [0, 0.1) is 5.41 Å². The number of unbranched alkanes of at least 4 members (excludes halogenated alkanes) is 2. The summed E-state index contributed by atoms with van der Waals surface area (Å²) in [7, 11) is 0. The van der Waals surface area contributed by atoms with Gasteiger partial charge >= 0.3 is 0 Å². The predicted octanol–water partition coefficient (Wildman–Crippen LogP) is 3.68. The third-order valence-electron chi connectivity index (χ3n) is 4.50. The molecule has 126 valence electrons. The number of nitrogens with one attached hydrogen (secondary N) is 1. The SMILES string of the molecule is CCCCCN(CC1(CNC(C)(C)C)CCOC1)C(C)C. The molecule has 1 aliphatic heterocycles. The van der Waals surface area contributed by atoms with E-state index < -0.39 is 0 Å². The van der Waals surface area contributed by atoms with Crippen molar-refractivity contribution in [3.63, 3.8) is 0 Å². The van der Waals surface area contributed by atoms with Crippen LogP contribution in [0.2, 0.25) is 0 Å². The van der Waals surface area contributed by atoms with Gasteiger partial charge < -0.3 is 15.0 Å². The first-order valence-corrected chi connectivity index (χ1v) is 8.85. The molecule has 0 aromatic heterocycles. The Morgan fingerprint density at radius 1 is 1.24 bits per heavy atom. The molecule has 0 radical (unpaired) electrons. The van der Waals surface area contributed by atoms with E-state index in [1.165, 1.54) is 32.2 Å². The summed E-state index contributed by atoms with van der Waals surface area (Å²) in [6, 6.07) is 0.619. The molecule has 1 atom stereocenters. The van der Waals surface area contributed by atoms with E-state index in [1.54, 1.807) is 0 Å². The molecular weight excluding hydrogens is 260 g/mol. The number of ether oxygens (including phenoxy) is 1. The summed E-state index contributed by atoms with van der Waals surface area (Å²) in [4.78, 5) is 2.66. The average molecular weight is 299 g/mol. The summed E-state index contributed by atoms with van der Waals surface area (Å²) in [5.41, 5.74) is 0.476. The zero-order valence-electron chi connectivity index (χ0n) is 15.3. The minimum absolute atomic E-state index is 0.181. The normalized spacial score (nSPS) is 23.4. The van der Waals surface area contributed by atoms with Crippen LogP contribution in [0.4, 0.5) is 0 Å². The Balaban J connectivity index is 2.61. The lowest BCUT2D eigenvalue weighted by Crippen LogP contribution is -2.50. The van der Waals surface area contributed by atoms with E-state index >= 15 is 0 Å². The van der Waals surface area contributed by atoms with Gasteiger partial charge in [0.25, 0.3) is 0 Å². The number of rotatable bonds is 9.